The zero-order valence-electron chi connectivity index (χ0n) is 20.9. The van der Waals surface area contributed by atoms with Gasteiger partial charge in [0.25, 0.3) is 5.89 Å². The maximum absolute atomic E-state index is 14.2. The van der Waals surface area contributed by atoms with Crippen LogP contribution >= 0.6 is 0 Å². The van der Waals surface area contributed by atoms with Crippen LogP contribution in [0.3, 0.4) is 0 Å². The summed E-state index contributed by atoms with van der Waals surface area (Å²) in [7, 11) is 0. The molecule has 0 aliphatic carbocycles. The van der Waals surface area contributed by atoms with Crippen molar-refractivity contribution in [2.45, 2.75) is 33.4 Å². The number of nitrogens with one attached hydrogen (secondary N) is 1. The second-order valence-electron chi connectivity index (χ2n) is 8.89. The minimum absolute atomic E-state index is 0.254. The van der Waals surface area contributed by atoms with E-state index in [2.05, 4.69) is 15.5 Å². The summed E-state index contributed by atoms with van der Waals surface area (Å²) in [6, 6.07) is 20.6. The molecule has 0 bridgehead atoms. The van der Waals surface area contributed by atoms with Crippen molar-refractivity contribution in [3.8, 4) is 17.1 Å². The molecular weight excluding hydrogens is 471 g/mol. The predicted octanol–water partition coefficient (Wildman–Crippen LogP) is 6.28. The molecule has 1 aliphatic heterocycles. The van der Waals surface area contributed by atoms with Gasteiger partial charge in [0.15, 0.2) is 0 Å². The topological polar surface area (TPSA) is 80.5 Å². The first-order chi connectivity index (χ1) is 17.9. The minimum atomic E-state index is -0.661. The zero-order valence-corrected chi connectivity index (χ0v) is 20.9. The molecule has 0 saturated heterocycles. The zero-order chi connectivity index (χ0) is 25.9. The Bertz CT molecular complexity index is 1440. The number of allylic oxidation sites excluding steroid dienone is 1. The number of aryl methyl sites for hydroxylation is 1. The third-order valence-corrected chi connectivity index (χ3v) is 6.32. The van der Waals surface area contributed by atoms with Crippen LogP contribution in [-0.2, 0) is 6.54 Å². The Balaban J connectivity index is 1.56. The summed E-state index contributed by atoms with van der Waals surface area (Å²) in [5, 5.41) is 7.20. The number of aromatic nitrogens is 2. The molecule has 0 fully saturated rings. The van der Waals surface area contributed by atoms with Crippen LogP contribution < -0.4 is 10.1 Å². The first-order valence-electron chi connectivity index (χ1n) is 12.1. The van der Waals surface area contributed by atoms with Crippen LogP contribution in [-0.4, -0.2) is 27.7 Å². The molecule has 37 heavy (non-hydrogen) atoms. The van der Waals surface area contributed by atoms with E-state index >= 15 is 0 Å². The molecule has 5 rings (SSSR count). The number of rotatable bonds is 7. The number of benzene rings is 3. The third-order valence-electron chi connectivity index (χ3n) is 6.32. The second-order valence-corrected chi connectivity index (χ2v) is 8.89. The van der Waals surface area contributed by atoms with Crippen molar-refractivity contribution in [1.82, 2.24) is 20.4 Å². The number of carbonyl (C=O) groups is 1. The molecule has 1 N–H and O–H groups in total. The first-order valence-corrected chi connectivity index (χ1v) is 12.1. The lowest BCUT2D eigenvalue weighted by Gasteiger charge is -2.35. The van der Waals surface area contributed by atoms with E-state index in [1.807, 2.05) is 69.3 Å². The number of hydrogen-bond donors (Lipinski definition) is 1. The summed E-state index contributed by atoms with van der Waals surface area (Å²) in [6.07, 6.45) is 0. The van der Waals surface area contributed by atoms with Gasteiger partial charge >= 0.3 is 6.03 Å². The number of halogens is 1. The summed E-state index contributed by atoms with van der Waals surface area (Å²) in [5.74, 6) is 1.01. The SMILES string of the molecule is CCOc1ccc(-c2noc(C3=C(C)N(Cc4ccc(C)cc4)C(=O)NC3c3cccc(F)c3)n2)cc1. The van der Waals surface area contributed by atoms with Gasteiger partial charge in [0.05, 0.1) is 24.8 Å². The van der Waals surface area contributed by atoms with Crippen molar-refractivity contribution in [2.24, 2.45) is 0 Å². The van der Waals surface area contributed by atoms with E-state index in [1.165, 1.54) is 12.1 Å². The van der Waals surface area contributed by atoms with E-state index in [0.717, 1.165) is 22.4 Å². The van der Waals surface area contributed by atoms with Crippen molar-refractivity contribution in [3.63, 3.8) is 0 Å². The average molecular weight is 499 g/mol. The van der Waals surface area contributed by atoms with Crippen LogP contribution in [0.4, 0.5) is 9.18 Å². The fourth-order valence-electron chi connectivity index (χ4n) is 4.38. The Kier molecular flexibility index (Phi) is 6.72. The Morgan fingerprint density at radius 3 is 2.51 bits per heavy atom. The molecule has 8 heteroatoms. The van der Waals surface area contributed by atoms with Crippen molar-refractivity contribution < 1.29 is 18.4 Å². The molecule has 0 radical (unpaired) electrons. The molecule has 188 valence electrons. The molecule has 1 unspecified atom stereocenters. The molecule has 7 nitrogen and oxygen atoms in total. The van der Waals surface area contributed by atoms with Gasteiger partial charge in [-0.15, -0.1) is 0 Å². The van der Waals surface area contributed by atoms with E-state index in [9.17, 15) is 9.18 Å². The number of urea groups is 1. The third kappa shape index (κ3) is 5.09. The molecular formula is C29H27FN4O3. The van der Waals surface area contributed by atoms with Crippen LogP contribution in [0.15, 0.2) is 83.0 Å². The van der Waals surface area contributed by atoms with Crippen LogP contribution in [0.25, 0.3) is 17.0 Å². The van der Waals surface area contributed by atoms with E-state index in [-0.39, 0.29) is 11.9 Å². The lowest BCUT2D eigenvalue weighted by Crippen LogP contribution is -2.45. The Morgan fingerprint density at radius 1 is 1.05 bits per heavy atom. The molecule has 4 aromatic rings. The van der Waals surface area contributed by atoms with Crippen molar-refractivity contribution >= 4 is 11.6 Å². The van der Waals surface area contributed by atoms with Crippen molar-refractivity contribution in [1.29, 1.82) is 0 Å². The lowest BCUT2D eigenvalue weighted by molar-refractivity contribution is 0.203. The van der Waals surface area contributed by atoms with Crippen LogP contribution in [0.5, 0.6) is 5.75 Å². The summed E-state index contributed by atoms with van der Waals surface area (Å²) in [4.78, 5) is 19.5. The fourth-order valence-corrected chi connectivity index (χ4v) is 4.38. The Morgan fingerprint density at radius 2 is 1.81 bits per heavy atom. The van der Waals surface area contributed by atoms with E-state index in [4.69, 9.17) is 9.26 Å². The number of ether oxygens (including phenoxy) is 1. The van der Waals surface area contributed by atoms with Crippen LogP contribution in [0.1, 0.15) is 42.5 Å². The molecule has 2 heterocycles. The van der Waals surface area contributed by atoms with E-state index in [0.29, 0.717) is 35.8 Å². The van der Waals surface area contributed by atoms with Gasteiger partial charge < -0.3 is 14.6 Å². The molecule has 2 amide bonds. The molecule has 1 atom stereocenters. The standard InChI is InChI=1S/C29H27FN4O3/c1-4-36-24-14-12-21(13-15-24)27-32-28(37-33-27)25-19(3)34(17-20-10-8-18(2)9-11-20)29(35)31-26(25)22-6-5-7-23(30)16-22/h5-16,26H,4,17H2,1-3H3,(H,31,35). The smallest absolute Gasteiger partial charge is 0.322 e. The Labute approximate surface area is 214 Å². The number of nitrogens with zero attached hydrogens (tertiary/aromatic N) is 3. The highest BCUT2D eigenvalue weighted by Crippen LogP contribution is 2.38. The van der Waals surface area contributed by atoms with Gasteiger partial charge in [0, 0.05) is 11.3 Å². The molecule has 0 saturated carbocycles. The summed E-state index contributed by atoms with van der Waals surface area (Å²) in [6.45, 7) is 6.72. The summed E-state index contributed by atoms with van der Waals surface area (Å²) < 4.78 is 25.4. The summed E-state index contributed by atoms with van der Waals surface area (Å²) in [5.41, 5.74) is 4.72. The van der Waals surface area contributed by atoms with Crippen LogP contribution in [0.2, 0.25) is 0 Å². The van der Waals surface area contributed by atoms with Gasteiger partial charge in [-0.2, -0.15) is 4.98 Å². The quantitative estimate of drug-likeness (QED) is 0.324. The maximum Gasteiger partial charge on any atom is 0.322 e. The monoisotopic (exact) mass is 498 g/mol. The molecule has 1 aliphatic rings. The average Bonchev–Trinajstić information content (AvgIpc) is 3.38. The second kappa shape index (κ2) is 10.3. The maximum atomic E-state index is 14.2. The predicted molar refractivity (Wildman–Crippen MR) is 138 cm³/mol. The number of hydrogen-bond acceptors (Lipinski definition) is 5. The van der Waals surface area contributed by atoms with Gasteiger partial charge in [0.1, 0.15) is 11.6 Å². The van der Waals surface area contributed by atoms with Gasteiger partial charge in [-0.1, -0.05) is 47.1 Å². The van der Waals surface area contributed by atoms with Crippen LogP contribution in [0, 0.1) is 12.7 Å². The molecule has 1 aromatic heterocycles. The van der Waals surface area contributed by atoms with E-state index in [1.54, 1.807) is 17.0 Å². The lowest BCUT2D eigenvalue weighted by atomic mass is 9.94. The highest BCUT2D eigenvalue weighted by atomic mass is 19.1. The van der Waals surface area contributed by atoms with Gasteiger partial charge in [0.2, 0.25) is 5.82 Å². The first kappa shape index (κ1) is 24.2. The molecule has 0 spiro atoms. The number of amides is 2. The van der Waals surface area contributed by atoms with Gasteiger partial charge in [-0.25, -0.2) is 9.18 Å². The number of carbonyl (C=O) groups excluding carboxylic acids is 1. The van der Waals surface area contributed by atoms with Gasteiger partial charge in [-0.3, -0.25) is 4.90 Å². The largest absolute Gasteiger partial charge is 0.494 e. The molecule has 3 aromatic carbocycles. The van der Waals surface area contributed by atoms with Crippen molar-refractivity contribution in [2.75, 3.05) is 6.61 Å². The normalized spacial score (nSPS) is 15.6. The minimum Gasteiger partial charge on any atom is -0.494 e. The highest BCUT2D eigenvalue weighted by molar-refractivity contribution is 5.86. The highest BCUT2D eigenvalue weighted by Gasteiger charge is 2.36. The summed E-state index contributed by atoms with van der Waals surface area (Å²) >= 11 is 0. The van der Waals surface area contributed by atoms with Crippen molar-refractivity contribution in [3.05, 3.63) is 107 Å². The van der Waals surface area contributed by atoms with Gasteiger partial charge in [-0.05, 0) is 68.3 Å². The fraction of sp³-hybridized carbons (Fsp3) is 0.207. The van der Waals surface area contributed by atoms with E-state index < -0.39 is 11.9 Å². The Hall–Kier alpha value is -4.46.